The molecule has 0 saturated heterocycles. The van der Waals surface area contributed by atoms with Crippen LogP contribution < -0.4 is 5.32 Å². The topological polar surface area (TPSA) is 29.1 Å². The first-order chi connectivity index (χ1) is 10.6. The molecule has 2 heteroatoms. The highest BCUT2D eigenvalue weighted by molar-refractivity contribution is 5.89. The van der Waals surface area contributed by atoms with E-state index < -0.39 is 0 Å². The number of rotatable bonds is 5. The van der Waals surface area contributed by atoms with Gasteiger partial charge in [0.05, 0.1) is 6.04 Å². The Kier molecular flexibility index (Phi) is 3.60. The zero-order valence-corrected chi connectivity index (χ0v) is 13.6. The zero-order valence-electron chi connectivity index (χ0n) is 13.6. The van der Waals surface area contributed by atoms with Crippen molar-refractivity contribution in [2.24, 2.45) is 23.2 Å². The Bertz CT molecular complexity index is 515. The van der Waals surface area contributed by atoms with E-state index in [4.69, 9.17) is 0 Å². The number of Topliss-reactive ketones (excluding diaryl/α,β-unsaturated/α-hetero) is 1. The van der Waals surface area contributed by atoms with E-state index in [1.807, 2.05) is 6.07 Å². The van der Waals surface area contributed by atoms with Crippen molar-refractivity contribution >= 4 is 5.78 Å². The molecule has 5 rings (SSSR count). The van der Waals surface area contributed by atoms with Crippen LogP contribution in [0.2, 0.25) is 0 Å². The van der Waals surface area contributed by atoms with E-state index in [2.05, 4.69) is 36.5 Å². The largest absolute Gasteiger partial charge is 0.304 e. The lowest BCUT2D eigenvalue weighted by Crippen LogP contribution is -2.54. The second kappa shape index (κ2) is 5.49. The SMILES string of the molecule is CC(NCc1ccccc1)C(=O)C12CC3CC(CC(C3)C1)C2. The van der Waals surface area contributed by atoms with Crippen LogP contribution in [0.4, 0.5) is 0 Å². The van der Waals surface area contributed by atoms with Crippen LogP contribution >= 0.6 is 0 Å². The van der Waals surface area contributed by atoms with Crippen LogP contribution in [0, 0.1) is 23.2 Å². The fourth-order valence-corrected chi connectivity index (χ4v) is 5.83. The van der Waals surface area contributed by atoms with Gasteiger partial charge in [-0.3, -0.25) is 4.79 Å². The molecule has 0 radical (unpaired) electrons. The van der Waals surface area contributed by atoms with Gasteiger partial charge in [-0.05, 0) is 68.8 Å². The van der Waals surface area contributed by atoms with Gasteiger partial charge in [0, 0.05) is 12.0 Å². The van der Waals surface area contributed by atoms with E-state index in [9.17, 15) is 4.79 Å². The van der Waals surface area contributed by atoms with E-state index in [1.165, 1.54) is 44.1 Å². The molecular weight excluding hydrogens is 270 g/mol. The third-order valence-corrected chi connectivity index (χ3v) is 6.41. The van der Waals surface area contributed by atoms with E-state index in [0.29, 0.717) is 5.78 Å². The van der Waals surface area contributed by atoms with Crippen molar-refractivity contribution in [3.05, 3.63) is 35.9 Å². The van der Waals surface area contributed by atoms with Crippen LogP contribution in [0.1, 0.15) is 51.0 Å². The lowest BCUT2D eigenvalue weighted by Gasteiger charge is -2.56. The Hall–Kier alpha value is -1.15. The molecule has 4 saturated carbocycles. The molecule has 1 N–H and O–H groups in total. The highest BCUT2D eigenvalue weighted by Crippen LogP contribution is 2.60. The van der Waals surface area contributed by atoms with E-state index in [1.54, 1.807) is 0 Å². The summed E-state index contributed by atoms with van der Waals surface area (Å²) in [5.41, 5.74) is 1.28. The molecule has 1 atom stereocenters. The van der Waals surface area contributed by atoms with E-state index in [0.717, 1.165) is 24.3 Å². The third-order valence-electron chi connectivity index (χ3n) is 6.41. The van der Waals surface area contributed by atoms with Gasteiger partial charge in [0.1, 0.15) is 0 Å². The zero-order chi connectivity index (χ0) is 15.2. The van der Waals surface area contributed by atoms with Crippen molar-refractivity contribution in [1.29, 1.82) is 0 Å². The van der Waals surface area contributed by atoms with Gasteiger partial charge in [-0.25, -0.2) is 0 Å². The lowest BCUT2D eigenvalue weighted by atomic mass is 9.48. The highest BCUT2D eigenvalue weighted by atomic mass is 16.1. The average molecular weight is 297 g/mol. The predicted octanol–water partition coefficient (Wildman–Crippen LogP) is 3.95. The average Bonchev–Trinajstić information content (AvgIpc) is 2.51. The summed E-state index contributed by atoms with van der Waals surface area (Å²) in [6.07, 6.45) is 7.73. The van der Waals surface area contributed by atoms with Gasteiger partial charge >= 0.3 is 0 Å². The Labute approximate surface area is 133 Å². The molecule has 0 aliphatic heterocycles. The number of hydrogen-bond donors (Lipinski definition) is 1. The quantitative estimate of drug-likeness (QED) is 0.891. The second-order valence-corrected chi connectivity index (χ2v) is 8.15. The molecule has 4 aliphatic rings. The molecule has 2 nitrogen and oxygen atoms in total. The Morgan fingerprint density at radius 2 is 1.64 bits per heavy atom. The maximum absolute atomic E-state index is 13.2. The third kappa shape index (κ3) is 2.52. The highest BCUT2D eigenvalue weighted by Gasteiger charge is 2.54. The van der Waals surface area contributed by atoms with Crippen LogP contribution in [0.5, 0.6) is 0 Å². The number of carbonyl (C=O) groups excluding carboxylic acids is 1. The number of carbonyl (C=O) groups is 1. The van der Waals surface area contributed by atoms with E-state index in [-0.39, 0.29) is 11.5 Å². The summed E-state index contributed by atoms with van der Waals surface area (Å²) in [7, 11) is 0. The first-order valence-corrected chi connectivity index (χ1v) is 8.96. The standard InChI is InChI=1S/C20H27NO/c1-14(21-13-15-5-3-2-4-6-15)19(22)20-10-16-7-17(11-20)9-18(8-16)12-20/h2-6,14,16-18,21H,7-13H2,1H3. The van der Waals surface area contributed by atoms with Crippen molar-refractivity contribution in [3.8, 4) is 0 Å². The summed E-state index contributed by atoms with van der Waals surface area (Å²) in [6, 6.07) is 10.4. The van der Waals surface area contributed by atoms with Crippen LogP contribution in [0.15, 0.2) is 30.3 Å². The minimum atomic E-state index is -0.0172. The van der Waals surface area contributed by atoms with Crippen LogP contribution in [0.25, 0.3) is 0 Å². The second-order valence-electron chi connectivity index (χ2n) is 8.15. The van der Waals surface area contributed by atoms with Crippen LogP contribution in [-0.2, 0) is 11.3 Å². The van der Waals surface area contributed by atoms with Crippen molar-refractivity contribution < 1.29 is 4.79 Å². The molecule has 0 aromatic heterocycles. The molecule has 22 heavy (non-hydrogen) atoms. The molecule has 1 aromatic rings. The van der Waals surface area contributed by atoms with Gasteiger partial charge in [0.15, 0.2) is 5.78 Å². The molecule has 4 fully saturated rings. The minimum Gasteiger partial charge on any atom is -0.304 e. The molecular formula is C20H27NO. The Balaban J connectivity index is 1.43. The molecule has 1 aromatic carbocycles. The summed E-state index contributed by atoms with van der Waals surface area (Å²) in [6.45, 7) is 2.87. The number of nitrogens with one attached hydrogen (secondary N) is 1. The monoisotopic (exact) mass is 297 g/mol. The summed E-state index contributed by atoms with van der Waals surface area (Å²) in [4.78, 5) is 13.2. The van der Waals surface area contributed by atoms with E-state index >= 15 is 0 Å². The molecule has 0 spiro atoms. The van der Waals surface area contributed by atoms with Gasteiger partial charge < -0.3 is 5.32 Å². The first-order valence-electron chi connectivity index (χ1n) is 8.96. The van der Waals surface area contributed by atoms with Gasteiger partial charge in [-0.1, -0.05) is 30.3 Å². The molecule has 4 bridgehead atoms. The number of ketones is 1. The first kappa shape index (κ1) is 14.4. The summed E-state index contributed by atoms with van der Waals surface area (Å²) in [5, 5.41) is 3.47. The summed E-state index contributed by atoms with van der Waals surface area (Å²) in [5.74, 6) is 3.03. The van der Waals surface area contributed by atoms with Crippen molar-refractivity contribution in [2.75, 3.05) is 0 Å². The fraction of sp³-hybridized carbons (Fsp3) is 0.650. The van der Waals surface area contributed by atoms with Crippen molar-refractivity contribution in [3.63, 3.8) is 0 Å². The van der Waals surface area contributed by atoms with Crippen molar-refractivity contribution in [1.82, 2.24) is 5.32 Å². The number of benzene rings is 1. The minimum absolute atomic E-state index is 0.0172. The molecule has 1 unspecified atom stereocenters. The Morgan fingerprint density at radius 3 is 2.18 bits per heavy atom. The normalized spacial score (nSPS) is 37.2. The maximum atomic E-state index is 13.2. The molecule has 0 amide bonds. The van der Waals surface area contributed by atoms with Crippen molar-refractivity contribution in [2.45, 2.75) is 58.0 Å². The molecule has 0 heterocycles. The van der Waals surface area contributed by atoms with Gasteiger partial charge in [-0.15, -0.1) is 0 Å². The molecule has 4 aliphatic carbocycles. The van der Waals surface area contributed by atoms with Gasteiger partial charge in [0.25, 0.3) is 0 Å². The van der Waals surface area contributed by atoms with Gasteiger partial charge in [-0.2, -0.15) is 0 Å². The van der Waals surface area contributed by atoms with Crippen LogP contribution in [-0.4, -0.2) is 11.8 Å². The Morgan fingerprint density at radius 1 is 1.09 bits per heavy atom. The lowest BCUT2D eigenvalue weighted by molar-refractivity contribution is -0.145. The predicted molar refractivity (Wildman–Crippen MR) is 88.4 cm³/mol. The van der Waals surface area contributed by atoms with Crippen LogP contribution in [0.3, 0.4) is 0 Å². The molecule has 118 valence electrons. The fourth-order valence-electron chi connectivity index (χ4n) is 5.83. The smallest absolute Gasteiger partial charge is 0.155 e. The summed E-state index contributed by atoms with van der Waals surface area (Å²) >= 11 is 0. The maximum Gasteiger partial charge on any atom is 0.155 e. The summed E-state index contributed by atoms with van der Waals surface area (Å²) < 4.78 is 0. The number of hydrogen-bond acceptors (Lipinski definition) is 2. The van der Waals surface area contributed by atoms with Gasteiger partial charge in [0.2, 0.25) is 0 Å².